The highest BCUT2D eigenvalue weighted by atomic mass is 32.2. The number of aromatic nitrogens is 3. The molecule has 4 aromatic rings. The third kappa shape index (κ3) is 5.09. The molecule has 2 heterocycles. The third-order valence-corrected chi connectivity index (χ3v) is 6.40. The molecule has 0 bridgehead atoms. The molecule has 0 saturated heterocycles. The Morgan fingerprint density at radius 3 is 2.58 bits per heavy atom. The van der Waals surface area contributed by atoms with Gasteiger partial charge in [-0.25, -0.2) is 4.39 Å². The summed E-state index contributed by atoms with van der Waals surface area (Å²) >= 11 is 1.28. The van der Waals surface area contributed by atoms with E-state index in [1.165, 1.54) is 23.9 Å². The van der Waals surface area contributed by atoms with Crippen molar-refractivity contribution in [3.05, 3.63) is 72.0 Å². The van der Waals surface area contributed by atoms with Gasteiger partial charge in [0.15, 0.2) is 11.0 Å². The topological polar surface area (TPSA) is 76.2 Å². The predicted octanol–water partition coefficient (Wildman–Crippen LogP) is 4.74. The Balaban J connectivity index is 1.49. The largest absolute Gasteiger partial charge is 0.459 e. The van der Waals surface area contributed by atoms with Crippen LogP contribution >= 0.6 is 11.8 Å². The lowest BCUT2D eigenvalue weighted by molar-refractivity contribution is -0.119. The molecule has 2 aromatic carbocycles. The molecule has 1 amide bonds. The van der Waals surface area contributed by atoms with E-state index < -0.39 is 0 Å². The van der Waals surface area contributed by atoms with Gasteiger partial charge in [-0.1, -0.05) is 30.0 Å². The van der Waals surface area contributed by atoms with Crippen LogP contribution in [0.3, 0.4) is 0 Å². The van der Waals surface area contributed by atoms with Crippen molar-refractivity contribution in [2.75, 3.05) is 19.8 Å². The average Bonchev–Trinajstić information content (AvgIpc) is 3.42. The maximum atomic E-state index is 13.5. The first-order valence-corrected chi connectivity index (χ1v) is 11.6. The highest BCUT2D eigenvalue weighted by Crippen LogP contribution is 2.27. The molecule has 1 N–H and O–H groups in total. The van der Waals surface area contributed by atoms with Gasteiger partial charge in [0.2, 0.25) is 5.91 Å². The molecule has 0 aliphatic heterocycles. The summed E-state index contributed by atoms with van der Waals surface area (Å²) in [5, 5.41) is 13.2. The molecule has 0 saturated carbocycles. The Morgan fingerprint density at radius 2 is 1.88 bits per heavy atom. The molecule has 4 rings (SSSR count). The fourth-order valence-electron chi connectivity index (χ4n) is 3.41. The normalized spacial score (nSPS) is 13.4. The number of hydrogen-bond donors (Lipinski definition) is 1. The van der Waals surface area contributed by atoms with Crippen LogP contribution in [-0.4, -0.2) is 45.4 Å². The van der Waals surface area contributed by atoms with Crippen LogP contribution in [0.15, 0.2) is 64.2 Å². The number of carbonyl (C=O) groups is 1. The van der Waals surface area contributed by atoms with E-state index >= 15 is 0 Å². The first-order valence-electron chi connectivity index (χ1n) is 10.6. The van der Waals surface area contributed by atoms with Crippen LogP contribution in [0.5, 0.6) is 0 Å². The van der Waals surface area contributed by atoms with Crippen molar-refractivity contribution in [3.8, 4) is 5.69 Å². The van der Waals surface area contributed by atoms with E-state index in [-0.39, 0.29) is 29.6 Å². The van der Waals surface area contributed by atoms with Crippen molar-refractivity contribution >= 4 is 28.6 Å². The predicted molar refractivity (Wildman–Crippen MR) is 127 cm³/mol. The summed E-state index contributed by atoms with van der Waals surface area (Å²) in [7, 11) is 3.90. The van der Waals surface area contributed by atoms with Crippen LogP contribution in [-0.2, 0) is 4.79 Å². The van der Waals surface area contributed by atoms with Crippen molar-refractivity contribution in [2.45, 2.75) is 31.1 Å². The zero-order chi connectivity index (χ0) is 23.5. The molecule has 2 aromatic heterocycles. The molecule has 172 valence electrons. The fraction of sp³-hybridized carbons (Fsp3) is 0.292. The van der Waals surface area contributed by atoms with Gasteiger partial charge in [-0.05, 0) is 64.3 Å². The summed E-state index contributed by atoms with van der Waals surface area (Å²) in [5.74, 6) is 1.10. The van der Waals surface area contributed by atoms with Gasteiger partial charge in [-0.15, -0.1) is 10.2 Å². The Morgan fingerprint density at radius 1 is 1.15 bits per heavy atom. The van der Waals surface area contributed by atoms with E-state index in [2.05, 4.69) is 15.5 Å². The number of benzene rings is 2. The molecule has 0 radical (unpaired) electrons. The lowest BCUT2D eigenvalue weighted by atomic mass is 10.2. The van der Waals surface area contributed by atoms with Gasteiger partial charge in [0.1, 0.15) is 17.2 Å². The molecule has 0 unspecified atom stereocenters. The molecule has 0 spiro atoms. The summed E-state index contributed by atoms with van der Waals surface area (Å²) in [6.07, 6.45) is 0. The van der Waals surface area contributed by atoms with E-state index in [0.717, 1.165) is 16.7 Å². The van der Waals surface area contributed by atoms with E-state index in [0.29, 0.717) is 16.7 Å². The van der Waals surface area contributed by atoms with Crippen molar-refractivity contribution in [1.29, 1.82) is 0 Å². The second-order valence-electron chi connectivity index (χ2n) is 8.06. The minimum atomic E-state index is -0.317. The van der Waals surface area contributed by atoms with Gasteiger partial charge in [0.05, 0.1) is 17.8 Å². The number of para-hydroxylation sites is 1. The number of hydrogen-bond acceptors (Lipinski definition) is 6. The first kappa shape index (κ1) is 23.0. The average molecular weight is 468 g/mol. The van der Waals surface area contributed by atoms with Crippen LogP contribution in [0.4, 0.5) is 4.39 Å². The monoisotopic (exact) mass is 467 g/mol. The lowest BCUT2D eigenvalue weighted by Crippen LogP contribution is -2.28. The number of carbonyl (C=O) groups excluding carboxylic acids is 1. The van der Waals surface area contributed by atoms with Crippen LogP contribution < -0.4 is 5.32 Å². The SMILES string of the molecule is C[C@H](NC(=O)CSc1nnc([C@H](C)N(C)C)n1-c1ccc(F)cc1)c1cc2ccccc2o1. The number of nitrogens with one attached hydrogen (secondary N) is 1. The quantitative estimate of drug-likeness (QED) is 0.377. The number of halogens is 1. The Hall–Kier alpha value is -3.17. The van der Waals surface area contributed by atoms with E-state index in [4.69, 9.17) is 4.42 Å². The molecule has 9 heteroatoms. The van der Waals surface area contributed by atoms with Crippen LogP contribution in [0.25, 0.3) is 16.7 Å². The number of amides is 1. The van der Waals surface area contributed by atoms with Gasteiger partial charge < -0.3 is 9.73 Å². The van der Waals surface area contributed by atoms with Gasteiger partial charge in [0, 0.05) is 11.1 Å². The maximum absolute atomic E-state index is 13.5. The van der Waals surface area contributed by atoms with Crippen molar-refractivity contribution in [1.82, 2.24) is 25.0 Å². The molecule has 7 nitrogen and oxygen atoms in total. The Kier molecular flexibility index (Phi) is 6.80. The zero-order valence-electron chi connectivity index (χ0n) is 18.9. The molecule has 0 aliphatic carbocycles. The lowest BCUT2D eigenvalue weighted by Gasteiger charge is -2.20. The van der Waals surface area contributed by atoms with E-state index in [1.54, 1.807) is 12.1 Å². The van der Waals surface area contributed by atoms with Crippen LogP contribution in [0, 0.1) is 5.82 Å². The summed E-state index contributed by atoms with van der Waals surface area (Å²) < 4.78 is 21.2. The molecule has 2 atom stereocenters. The van der Waals surface area contributed by atoms with Crippen molar-refractivity contribution in [2.24, 2.45) is 0 Å². The Bertz CT molecular complexity index is 1220. The van der Waals surface area contributed by atoms with Crippen LogP contribution in [0.1, 0.15) is 37.5 Å². The second kappa shape index (κ2) is 9.76. The summed E-state index contributed by atoms with van der Waals surface area (Å²) in [6.45, 7) is 3.90. The van der Waals surface area contributed by atoms with Crippen LogP contribution in [0.2, 0.25) is 0 Å². The van der Waals surface area contributed by atoms with Gasteiger partial charge in [-0.2, -0.15) is 0 Å². The standard InChI is InChI=1S/C24H26FN5O2S/c1-15(21-13-17-7-5-6-8-20(17)32-21)26-22(31)14-33-24-28-27-23(16(2)29(3)4)30(24)19-11-9-18(25)10-12-19/h5-13,15-16H,14H2,1-4H3,(H,26,31)/t15-,16-/m0/s1. The minimum Gasteiger partial charge on any atom is -0.459 e. The fourth-order valence-corrected chi connectivity index (χ4v) is 4.18. The Labute approximate surface area is 196 Å². The summed E-state index contributed by atoms with van der Waals surface area (Å²) in [5.41, 5.74) is 1.53. The summed E-state index contributed by atoms with van der Waals surface area (Å²) in [6, 6.07) is 15.5. The third-order valence-electron chi connectivity index (χ3n) is 5.47. The number of rotatable bonds is 8. The maximum Gasteiger partial charge on any atom is 0.231 e. The van der Waals surface area contributed by atoms with Crippen molar-refractivity contribution in [3.63, 3.8) is 0 Å². The highest BCUT2D eigenvalue weighted by molar-refractivity contribution is 7.99. The number of fused-ring (bicyclic) bond motifs is 1. The van der Waals surface area contributed by atoms with E-state index in [9.17, 15) is 9.18 Å². The molecule has 33 heavy (non-hydrogen) atoms. The number of thioether (sulfide) groups is 1. The molecular weight excluding hydrogens is 441 g/mol. The highest BCUT2D eigenvalue weighted by Gasteiger charge is 2.22. The number of nitrogens with zero attached hydrogens (tertiary/aromatic N) is 4. The smallest absolute Gasteiger partial charge is 0.231 e. The minimum absolute atomic E-state index is 0.0289. The summed E-state index contributed by atoms with van der Waals surface area (Å²) in [4.78, 5) is 14.7. The first-order chi connectivity index (χ1) is 15.8. The van der Waals surface area contributed by atoms with E-state index in [1.807, 2.05) is 67.7 Å². The van der Waals surface area contributed by atoms with Gasteiger partial charge in [-0.3, -0.25) is 14.3 Å². The van der Waals surface area contributed by atoms with Gasteiger partial charge >= 0.3 is 0 Å². The second-order valence-corrected chi connectivity index (χ2v) is 9.00. The molecule has 0 fully saturated rings. The zero-order valence-corrected chi connectivity index (χ0v) is 19.8. The molecular formula is C24H26FN5O2S. The van der Waals surface area contributed by atoms with Gasteiger partial charge in [0.25, 0.3) is 0 Å². The van der Waals surface area contributed by atoms with Crippen molar-refractivity contribution < 1.29 is 13.6 Å². The molecule has 0 aliphatic rings. The number of furan rings is 1.